The van der Waals surface area contributed by atoms with Crippen LogP contribution in [0, 0.1) is 0 Å². The van der Waals surface area contributed by atoms with Crippen LogP contribution in [0.3, 0.4) is 0 Å². The first kappa shape index (κ1) is 22.8. The fourth-order valence-corrected chi connectivity index (χ4v) is 5.22. The van der Waals surface area contributed by atoms with Crippen LogP contribution >= 0.6 is 11.8 Å². The quantitative estimate of drug-likeness (QED) is 0.535. The highest BCUT2D eigenvalue weighted by atomic mass is 32.2. The smallest absolute Gasteiger partial charge is 0.330 e. The van der Waals surface area contributed by atoms with Crippen molar-refractivity contribution in [3.8, 4) is 0 Å². The highest BCUT2D eigenvalue weighted by Gasteiger charge is 2.52. The maximum atomic E-state index is 13.6. The van der Waals surface area contributed by atoms with Gasteiger partial charge in [-0.2, -0.15) is 13.2 Å². The van der Waals surface area contributed by atoms with Gasteiger partial charge in [-0.05, 0) is 12.1 Å². The van der Waals surface area contributed by atoms with Gasteiger partial charge in [-0.25, -0.2) is 4.79 Å². The second kappa shape index (κ2) is 8.54. The van der Waals surface area contributed by atoms with Crippen molar-refractivity contribution in [2.75, 3.05) is 19.8 Å². The summed E-state index contributed by atoms with van der Waals surface area (Å²) in [7, 11) is 3.10. The fraction of sp³-hybridized carbons (Fsp3) is 0.273. The molecule has 1 fully saturated rings. The van der Waals surface area contributed by atoms with Gasteiger partial charge in [-0.1, -0.05) is 24.3 Å². The summed E-state index contributed by atoms with van der Waals surface area (Å²) in [5, 5.41) is -0.592. The van der Waals surface area contributed by atoms with Crippen LogP contribution in [0.25, 0.3) is 10.9 Å². The van der Waals surface area contributed by atoms with Gasteiger partial charge in [-0.15, -0.1) is 11.8 Å². The number of rotatable bonds is 3. The molecular formula is C22H19F3N4O3S. The van der Waals surface area contributed by atoms with Crippen molar-refractivity contribution < 1.29 is 27.6 Å². The van der Waals surface area contributed by atoms with Crippen LogP contribution in [0.15, 0.2) is 55.0 Å². The molecule has 172 valence electrons. The molecule has 2 amide bonds. The van der Waals surface area contributed by atoms with Crippen LogP contribution in [0.1, 0.15) is 21.3 Å². The van der Waals surface area contributed by atoms with Crippen LogP contribution in [0.5, 0.6) is 0 Å². The van der Waals surface area contributed by atoms with Crippen molar-refractivity contribution in [1.82, 2.24) is 19.4 Å². The Morgan fingerprint density at radius 2 is 1.85 bits per heavy atom. The normalized spacial score (nSPS) is 18.5. The molecule has 0 N–H and O–H groups in total. The van der Waals surface area contributed by atoms with E-state index in [0.717, 1.165) is 11.8 Å². The molecule has 1 saturated heterocycles. The van der Waals surface area contributed by atoms with E-state index in [1.165, 1.54) is 28.1 Å². The lowest BCUT2D eigenvalue weighted by molar-refractivity contribution is -0.187. The molecule has 3 aromatic rings. The second-order valence-electron chi connectivity index (χ2n) is 7.67. The van der Waals surface area contributed by atoms with E-state index in [4.69, 9.17) is 0 Å². The largest absolute Gasteiger partial charge is 0.471 e. The topological polar surface area (TPSA) is 75.5 Å². The standard InChI is InChI=1S/C22H19F3N4O3S/c1-27(2)21(32)28-11-15(14-7-3-4-8-16(14)28)18(30)17-12-33-19(13-6-5-9-26-10-13)29(17)20(31)22(23,24)25/h3-11,17,19H,12H2,1-2H3. The molecular weight excluding hydrogens is 457 g/mol. The SMILES string of the molecule is CN(C)C(=O)n1cc(C(=O)C2CSC(c3cccnc3)N2C(=O)C(F)(F)F)c2ccccc21. The highest BCUT2D eigenvalue weighted by Crippen LogP contribution is 2.44. The zero-order chi connectivity index (χ0) is 23.9. The zero-order valence-corrected chi connectivity index (χ0v) is 18.4. The molecule has 0 aliphatic carbocycles. The van der Waals surface area contributed by atoms with Gasteiger partial charge in [0, 0.05) is 55.0 Å². The first-order chi connectivity index (χ1) is 15.6. The van der Waals surface area contributed by atoms with E-state index in [9.17, 15) is 27.6 Å². The van der Waals surface area contributed by atoms with E-state index >= 15 is 0 Å². The molecule has 2 aromatic heterocycles. The summed E-state index contributed by atoms with van der Waals surface area (Å²) in [5.74, 6) is -2.78. The Morgan fingerprint density at radius 1 is 1.12 bits per heavy atom. The lowest BCUT2D eigenvalue weighted by Gasteiger charge is -2.29. The molecule has 4 rings (SSSR count). The third-order valence-corrected chi connectivity index (χ3v) is 6.64. The molecule has 0 spiro atoms. The van der Waals surface area contributed by atoms with Crippen molar-refractivity contribution in [1.29, 1.82) is 0 Å². The summed E-state index contributed by atoms with van der Waals surface area (Å²) >= 11 is 1.06. The highest BCUT2D eigenvalue weighted by molar-refractivity contribution is 7.99. The number of aromatic nitrogens is 2. The van der Waals surface area contributed by atoms with Crippen LogP contribution in [0.4, 0.5) is 18.0 Å². The molecule has 1 aromatic carbocycles. The average molecular weight is 476 g/mol. The third kappa shape index (κ3) is 4.08. The Balaban J connectivity index is 1.79. The number of pyridine rings is 1. The summed E-state index contributed by atoms with van der Waals surface area (Å²) in [6.07, 6.45) is -0.979. The predicted octanol–water partition coefficient (Wildman–Crippen LogP) is 3.95. The van der Waals surface area contributed by atoms with E-state index in [1.54, 1.807) is 50.5 Å². The number of ketones is 1. The van der Waals surface area contributed by atoms with Crippen LogP contribution < -0.4 is 0 Å². The molecule has 33 heavy (non-hydrogen) atoms. The van der Waals surface area contributed by atoms with Crippen molar-refractivity contribution >= 4 is 40.4 Å². The van der Waals surface area contributed by atoms with Crippen molar-refractivity contribution in [3.63, 3.8) is 0 Å². The Morgan fingerprint density at radius 3 is 2.48 bits per heavy atom. The van der Waals surface area contributed by atoms with Gasteiger partial charge in [0.15, 0.2) is 5.78 Å². The van der Waals surface area contributed by atoms with Crippen molar-refractivity contribution in [3.05, 3.63) is 66.1 Å². The number of hydrogen-bond acceptors (Lipinski definition) is 5. The summed E-state index contributed by atoms with van der Waals surface area (Å²) in [5.41, 5.74) is 0.918. The predicted molar refractivity (Wildman–Crippen MR) is 117 cm³/mol. The third-order valence-electron chi connectivity index (χ3n) is 5.32. The number of hydrogen-bond donors (Lipinski definition) is 0. The van der Waals surface area contributed by atoms with E-state index < -0.39 is 35.3 Å². The molecule has 1 aliphatic rings. The molecule has 1 aliphatic heterocycles. The molecule has 2 atom stereocenters. The Hall–Kier alpha value is -3.34. The molecule has 0 bridgehead atoms. The van der Waals surface area contributed by atoms with Crippen LogP contribution in [0.2, 0.25) is 0 Å². The van der Waals surface area contributed by atoms with Crippen molar-refractivity contribution in [2.24, 2.45) is 0 Å². The van der Waals surface area contributed by atoms with E-state index in [-0.39, 0.29) is 11.3 Å². The number of nitrogens with zero attached hydrogens (tertiary/aromatic N) is 4. The number of fused-ring (bicyclic) bond motifs is 1. The number of benzene rings is 1. The van der Waals surface area contributed by atoms with E-state index in [2.05, 4.69) is 4.98 Å². The minimum atomic E-state index is -5.15. The number of carbonyl (C=O) groups is 3. The minimum Gasteiger partial charge on any atom is -0.330 e. The van der Waals surface area contributed by atoms with Gasteiger partial charge in [-0.3, -0.25) is 19.1 Å². The number of alkyl halides is 3. The molecule has 3 heterocycles. The van der Waals surface area contributed by atoms with Gasteiger partial charge in [0.2, 0.25) is 0 Å². The maximum Gasteiger partial charge on any atom is 0.471 e. The second-order valence-corrected chi connectivity index (χ2v) is 8.78. The van der Waals surface area contributed by atoms with E-state index in [0.29, 0.717) is 21.4 Å². The number of para-hydroxylation sites is 1. The Kier molecular flexibility index (Phi) is 5.91. The average Bonchev–Trinajstić information content (AvgIpc) is 3.40. The Labute approximate surface area is 191 Å². The van der Waals surface area contributed by atoms with Crippen LogP contribution in [-0.4, -0.2) is 69.1 Å². The van der Waals surface area contributed by atoms with Gasteiger partial charge >= 0.3 is 18.1 Å². The van der Waals surface area contributed by atoms with Gasteiger partial charge in [0.05, 0.1) is 5.52 Å². The molecule has 2 unspecified atom stereocenters. The fourth-order valence-electron chi connectivity index (χ4n) is 3.81. The summed E-state index contributed by atoms with van der Waals surface area (Å²) in [4.78, 5) is 44.4. The number of halogens is 3. The minimum absolute atomic E-state index is 0.0264. The van der Waals surface area contributed by atoms with Gasteiger partial charge in [0.25, 0.3) is 0 Å². The number of thioether (sulfide) groups is 1. The number of amides is 2. The summed E-state index contributed by atoms with van der Waals surface area (Å²) in [6.45, 7) is 0. The first-order valence-corrected chi connectivity index (χ1v) is 10.9. The monoisotopic (exact) mass is 476 g/mol. The van der Waals surface area contributed by atoms with Gasteiger partial charge in [0.1, 0.15) is 11.4 Å². The summed E-state index contributed by atoms with van der Waals surface area (Å²) in [6, 6.07) is 7.98. The summed E-state index contributed by atoms with van der Waals surface area (Å²) < 4.78 is 41.8. The molecule has 7 nitrogen and oxygen atoms in total. The zero-order valence-electron chi connectivity index (χ0n) is 17.6. The first-order valence-electron chi connectivity index (χ1n) is 9.88. The lowest BCUT2D eigenvalue weighted by atomic mass is 10.0. The van der Waals surface area contributed by atoms with Gasteiger partial charge < -0.3 is 9.80 Å². The molecule has 0 saturated carbocycles. The van der Waals surface area contributed by atoms with Crippen LogP contribution in [-0.2, 0) is 4.79 Å². The lowest BCUT2D eigenvalue weighted by Crippen LogP contribution is -2.48. The van der Waals surface area contributed by atoms with E-state index in [1.807, 2.05) is 0 Å². The van der Waals surface area contributed by atoms with Crippen molar-refractivity contribution in [2.45, 2.75) is 17.6 Å². The number of carbonyl (C=O) groups excluding carboxylic acids is 3. The Bertz CT molecular complexity index is 1230. The maximum absolute atomic E-state index is 13.6. The number of Topliss-reactive ketones (excluding diaryl/α,β-unsaturated/α-hetero) is 1. The molecule has 11 heteroatoms. The molecule has 0 radical (unpaired) electrons.